The average molecular weight is 341 g/mol. The quantitative estimate of drug-likeness (QED) is 0.786. The maximum absolute atomic E-state index is 12.9. The van der Waals surface area contributed by atoms with Crippen molar-refractivity contribution >= 4 is 16.9 Å². The number of carbonyl (C=O) groups excluding carboxylic acids is 1. The SMILES string of the molecule is O=C(Cn1c(=O)[nH]c2ccccc21)N1CC(Oc2ccc(F)cc2)C1. The Kier molecular flexibility index (Phi) is 3.76. The summed E-state index contributed by atoms with van der Waals surface area (Å²) in [6.07, 6.45) is -0.117. The molecule has 0 radical (unpaired) electrons. The lowest BCUT2D eigenvalue weighted by Gasteiger charge is -2.39. The lowest BCUT2D eigenvalue weighted by molar-refractivity contribution is -0.140. The number of aromatic nitrogens is 2. The standard InChI is InChI=1S/C18H16FN3O3/c19-12-5-7-13(8-6-12)25-14-9-21(10-14)17(23)11-22-16-4-2-1-3-15(16)20-18(22)24/h1-8,14H,9-11H2,(H,20,24). The van der Waals surface area contributed by atoms with Crippen LogP contribution < -0.4 is 10.4 Å². The van der Waals surface area contributed by atoms with E-state index in [2.05, 4.69) is 4.98 Å². The molecule has 0 aliphatic carbocycles. The Labute approximate surface area is 142 Å². The normalized spacial score (nSPS) is 14.5. The van der Waals surface area contributed by atoms with Crippen molar-refractivity contribution in [3.8, 4) is 5.75 Å². The molecule has 1 aliphatic heterocycles. The molecule has 2 aromatic carbocycles. The summed E-state index contributed by atoms with van der Waals surface area (Å²) in [4.78, 5) is 28.8. The Morgan fingerprint density at radius 3 is 2.64 bits per heavy atom. The highest BCUT2D eigenvalue weighted by Crippen LogP contribution is 2.19. The summed E-state index contributed by atoms with van der Waals surface area (Å²) in [5, 5.41) is 0. The number of hydrogen-bond acceptors (Lipinski definition) is 3. The van der Waals surface area contributed by atoms with E-state index in [0.717, 1.165) is 0 Å². The van der Waals surface area contributed by atoms with Crippen molar-refractivity contribution in [1.29, 1.82) is 0 Å². The highest BCUT2D eigenvalue weighted by molar-refractivity contribution is 5.81. The van der Waals surface area contributed by atoms with Gasteiger partial charge in [-0.1, -0.05) is 12.1 Å². The van der Waals surface area contributed by atoms with Gasteiger partial charge in [-0.05, 0) is 36.4 Å². The van der Waals surface area contributed by atoms with Crippen LogP contribution in [0.4, 0.5) is 4.39 Å². The monoisotopic (exact) mass is 341 g/mol. The topological polar surface area (TPSA) is 67.3 Å². The van der Waals surface area contributed by atoms with Gasteiger partial charge in [0.1, 0.15) is 24.2 Å². The molecule has 3 aromatic rings. The molecule has 1 N–H and O–H groups in total. The van der Waals surface area contributed by atoms with Gasteiger partial charge in [0.25, 0.3) is 0 Å². The molecule has 0 unspecified atom stereocenters. The number of nitrogens with zero attached hydrogens (tertiary/aromatic N) is 2. The second kappa shape index (κ2) is 6.08. The van der Waals surface area contributed by atoms with E-state index in [1.807, 2.05) is 12.1 Å². The van der Waals surface area contributed by atoms with E-state index in [1.165, 1.54) is 16.7 Å². The summed E-state index contributed by atoms with van der Waals surface area (Å²) in [5.41, 5.74) is 1.12. The number of rotatable bonds is 4. The summed E-state index contributed by atoms with van der Waals surface area (Å²) in [5.74, 6) is 0.124. The van der Waals surface area contributed by atoms with Crippen molar-refractivity contribution in [3.63, 3.8) is 0 Å². The summed E-state index contributed by atoms with van der Waals surface area (Å²) in [6, 6.07) is 13.0. The number of nitrogens with one attached hydrogen (secondary N) is 1. The van der Waals surface area contributed by atoms with E-state index < -0.39 is 0 Å². The second-order valence-corrected chi connectivity index (χ2v) is 6.03. The maximum atomic E-state index is 12.9. The van der Waals surface area contributed by atoms with Gasteiger partial charge in [0.2, 0.25) is 5.91 Å². The first-order valence-electron chi connectivity index (χ1n) is 7.98. The molecule has 6 nitrogen and oxygen atoms in total. The van der Waals surface area contributed by atoms with Gasteiger partial charge in [0, 0.05) is 0 Å². The van der Waals surface area contributed by atoms with E-state index in [0.29, 0.717) is 29.9 Å². The van der Waals surface area contributed by atoms with Gasteiger partial charge in [-0.3, -0.25) is 9.36 Å². The largest absolute Gasteiger partial charge is 0.487 e. The van der Waals surface area contributed by atoms with E-state index in [4.69, 9.17) is 4.74 Å². The Bertz CT molecular complexity index is 971. The molecule has 7 heteroatoms. The predicted molar refractivity (Wildman–Crippen MR) is 90.0 cm³/mol. The number of ether oxygens (including phenoxy) is 1. The molecular formula is C18H16FN3O3. The molecule has 0 saturated carbocycles. The lowest BCUT2D eigenvalue weighted by atomic mass is 10.1. The molecule has 1 fully saturated rings. The molecule has 1 aromatic heterocycles. The molecule has 0 bridgehead atoms. The average Bonchev–Trinajstić information content (AvgIpc) is 2.88. The Morgan fingerprint density at radius 2 is 1.88 bits per heavy atom. The van der Waals surface area contributed by atoms with Crippen LogP contribution in [0.3, 0.4) is 0 Å². The zero-order chi connectivity index (χ0) is 17.4. The Balaban J connectivity index is 1.38. The van der Waals surface area contributed by atoms with Crippen LogP contribution in [0.25, 0.3) is 11.0 Å². The molecular weight excluding hydrogens is 325 g/mol. The lowest BCUT2D eigenvalue weighted by Crippen LogP contribution is -2.57. The van der Waals surface area contributed by atoms with Crippen molar-refractivity contribution < 1.29 is 13.9 Å². The first-order valence-corrected chi connectivity index (χ1v) is 7.98. The minimum Gasteiger partial charge on any atom is -0.487 e. The first-order chi connectivity index (χ1) is 12.1. The number of likely N-dealkylation sites (tertiary alicyclic amines) is 1. The highest BCUT2D eigenvalue weighted by Gasteiger charge is 2.32. The molecule has 128 valence electrons. The predicted octanol–water partition coefficient (Wildman–Crippen LogP) is 1.76. The minimum absolute atomic E-state index is 0.00782. The first kappa shape index (κ1) is 15.4. The fourth-order valence-corrected chi connectivity index (χ4v) is 2.92. The molecule has 2 heterocycles. The van der Waals surface area contributed by atoms with Crippen LogP contribution in [0, 0.1) is 5.82 Å². The fourth-order valence-electron chi connectivity index (χ4n) is 2.92. The number of halogens is 1. The van der Waals surface area contributed by atoms with Gasteiger partial charge in [-0.2, -0.15) is 0 Å². The molecule has 0 spiro atoms. The van der Waals surface area contributed by atoms with Crippen LogP contribution in [0.5, 0.6) is 5.75 Å². The second-order valence-electron chi connectivity index (χ2n) is 6.03. The van der Waals surface area contributed by atoms with Crippen LogP contribution in [-0.4, -0.2) is 39.6 Å². The van der Waals surface area contributed by atoms with Crippen LogP contribution in [0.15, 0.2) is 53.3 Å². The third-order valence-electron chi connectivity index (χ3n) is 4.29. The van der Waals surface area contributed by atoms with Gasteiger partial charge in [0.15, 0.2) is 0 Å². The number of carbonyl (C=O) groups is 1. The Hall–Kier alpha value is -3.09. The number of aromatic amines is 1. The molecule has 1 aliphatic rings. The third kappa shape index (κ3) is 3.00. The zero-order valence-corrected chi connectivity index (χ0v) is 13.3. The van der Waals surface area contributed by atoms with Crippen molar-refractivity contribution in [1.82, 2.24) is 14.5 Å². The number of amides is 1. The van der Waals surface area contributed by atoms with E-state index in [9.17, 15) is 14.0 Å². The number of H-pyrrole nitrogens is 1. The smallest absolute Gasteiger partial charge is 0.326 e. The molecule has 25 heavy (non-hydrogen) atoms. The van der Waals surface area contributed by atoms with Crippen LogP contribution >= 0.6 is 0 Å². The Morgan fingerprint density at radius 1 is 1.16 bits per heavy atom. The number of fused-ring (bicyclic) bond motifs is 1. The van der Waals surface area contributed by atoms with E-state index in [-0.39, 0.29) is 30.1 Å². The number of hydrogen-bond donors (Lipinski definition) is 1. The zero-order valence-electron chi connectivity index (χ0n) is 13.3. The maximum Gasteiger partial charge on any atom is 0.326 e. The molecule has 4 rings (SSSR count). The third-order valence-corrected chi connectivity index (χ3v) is 4.29. The van der Waals surface area contributed by atoms with E-state index >= 15 is 0 Å². The van der Waals surface area contributed by atoms with Crippen molar-refractivity contribution in [2.24, 2.45) is 0 Å². The van der Waals surface area contributed by atoms with Gasteiger partial charge >= 0.3 is 5.69 Å². The van der Waals surface area contributed by atoms with Gasteiger partial charge in [-0.15, -0.1) is 0 Å². The van der Waals surface area contributed by atoms with Gasteiger partial charge < -0.3 is 14.6 Å². The number of para-hydroxylation sites is 2. The van der Waals surface area contributed by atoms with Crippen LogP contribution in [0.2, 0.25) is 0 Å². The van der Waals surface area contributed by atoms with Crippen LogP contribution in [0.1, 0.15) is 0 Å². The summed E-state index contributed by atoms with van der Waals surface area (Å²) in [7, 11) is 0. The van der Waals surface area contributed by atoms with Crippen molar-refractivity contribution in [3.05, 3.63) is 64.8 Å². The van der Waals surface area contributed by atoms with Gasteiger partial charge in [-0.25, -0.2) is 9.18 Å². The highest BCUT2D eigenvalue weighted by atomic mass is 19.1. The van der Waals surface area contributed by atoms with E-state index in [1.54, 1.807) is 29.2 Å². The van der Waals surface area contributed by atoms with Crippen LogP contribution in [-0.2, 0) is 11.3 Å². The van der Waals surface area contributed by atoms with Crippen molar-refractivity contribution in [2.75, 3.05) is 13.1 Å². The fraction of sp³-hybridized carbons (Fsp3) is 0.222. The minimum atomic E-state index is -0.318. The number of benzene rings is 2. The molecule has 0 atom stereocenters. The summed E-state index contributed by atoms with van der Waals surface area (Å²) >= 11 is 0. The van der Waals surface area contributed by atoms with Crippen molar-refractivity contribution in [2.45, 2.75) is 12.6 Å². The summed E-state index contributed by atoms with van der Waals surface area (Å²) in [6.45, 7) is 0.896. The molecule has 1 saturated heterocycles. The van der Waals surface area contributed by atoms with Gasteiger partial charge in [0.05, 0.1) is 24.1 Å². The summed E-state index contributed by atoms with van der Waals surface area (Å²) < 4.78 is 20.0. The molecule has 1 amide bonds. The number of imidazole rings is 1.